The maximum Gasteiger partial charge on any atom is 0.257 e. The smallest absolute Gasteiger partial charge is 0.257 e. The predicted molar refractivity (Wildman–Crippen MR) is 85.3 cm³/mol. The van der Waals surface area contributed by atoms with Crippen molar-refractivity contribution in [2.75, 3.05) is 5.32 Å². The van der Waals surface area contributed by atoms with Gasteiger partial charge >= 0.3 is 0 Å². The number of hydrogen-bond donors (Lipinski definition) is 2. The summed E-state index contributed by atoms with van der Waals surface area (Å²) < 4.78 is 0. The molecule has 0 aliphatic rings. The van der Waals surface area contributed by atoms with Gasteiger partial charge in [0.25, 0.3) is 5.91 Å². The molecule has 1 heterocycles. The zero-order valence-electron chi connectivity index (χ0n) is 12.7. The first-order chi connectivity index (χ1) is 10.1. The first-order valence-corrected chi connectivity index (χ1v) is 7.11. The molecule has 4 nitrogen and oxygen atoms in total. The highest BCUT2D eigenvalue weighted by Crippen LogP contribution is 2.13. The van der Waals surface area contributed by atoms with E-state index < -0.39 is 0 Å². The van der Waals surface area contributed by atoms with E-state index in [9.17, 15) is 4.79 Å². The van der Waals surface area contributed by atoms with E-state index in [1.165, 1.54) is 0 Å². The SMILES string of the molecule is Cc1ncccc1C(=O)Nc1cccc(CNC(C)C)c1. The van der Waals surface area contributed by atoms with Crippen LogP contribution in [0.5, 0.6) is 0 Å². The second-order valence-electron chi connectivity index (χ2n) is 5.33. The minimum Gasteiger partial charge on any atom is -0.322 e. The van der Waals surface area contributed by atoms with Gasteiger partial charge in [-0.1, -0.05) is 26.0 Å². The van der Waals surface area contributed by atoms with Crippen molar-refractivity contribution in [3.63, 3.8) is 0 Å². The highest BCUT2D eigenvalue weighted by molar-refractivity contribution is 6.04. The number of nitrogens with one attached hydrogen (secondary N) is 2. The summed E-state index contributed by atoms with van der Waals surface area (Å²) in [5, 5.41) is 6.28. The lowest BCUT2D eigenvalue weighted by atomic mass is 10.1. The molecule has 2 rings (SSSR count). The van der Waals surface area contributed by atoms with Crippen LogP contribution in [-0.4, -0.2) is 16.9 Å². The molecule has 0 bridgehead atoms. The molecule has 0 spiro atoms. The Balaban J connectivity index is 2.07. The van der Waals surface area contributed by atoms with E-state index in [0.29, 0.717) is 11.6 Å². The first-order valence-electron chi connectivity index (χ1n) is 7.11. The molecule has 2 aromatic rings. The normalized spacial score (nSPS) is 10.7. The highest BCUT2D eigenvalue weighted by atomic mass is 16.1. The summed E-state index contributed by atoms with van der Waals surface area (Å²) in [6, 6.07) is 11.8. The van der Waals surface area contributed by atoms with Crippen LogP contribution in [0.1, 0.15) is 35.5 Å². The van der Waals surface area contributed by atoms with E-state index >= 15 is 0 Å². The molecular weight excluding hydrogens is 262 g/mol. The van der Waals surface area contributed by atoms with Crippen molar-refractivity contribution in [2.45, 2.75) is 33.4 Å². The quantitative estimate of drug-likeness (QED) is 0.886. The van der Waals surface area contributed by atoms with Gasteiger partial charge in [0, 0.05) is 30.2 Å². The average molecular weight is 283 g/mol. The van der Waals surface area contributed by atoms with Crippen LogP contribution in [0.4, 0.5) is 5.69 Å². The molecule has 0 atom stereocenters. The summed E-state index contributed by atoms with van der Waals surface area (Å²) in [7, 11) is 0. The van der Waals surface area contributed by atoms with Gasteiger partial charge in [0.05, 0.1) is 5.56 Å². The van der Waals surface area contributed by atoms with Gasteiger partial charge < -0.3 is 10.6 Å². The Morgan fingerprint density at radius 2 is 2.05 bits per heavy atom. The molecule has 110 valence electrons. The molecule has 1 amide bonds. The van der Waals surface area contributed by atoms with Crippen molar-refractivity contribution in [2.24, 2.45) is 0 Å². The molecule has 0 radical (unpaired) electrons. The van der Waals surface area contributed by atoms with Gasteiger partial charge in [0.1, 0.15) is 0 Å². The molecule has 0 saturated carbocycles. The number of rotatable bonds is 5. The molecule has 0 aliphatic carbocycles. The largest absolute Gasteiger partial charge is 0.322 e. The van der Waals surface area contributed by atoms with Gasteiger partial charge in [-0.3, -0.25) is 9.78 Å². The van der Waals surface area contributed by atoms with Crippen LogP contribution < -0.4 is 10.6 Å². The van der Waals surface area contributed by atoms with Gasteiger partial charge in [-0.05, 0) is 36.8 Å². The van der Waals surface area contributed by atoms with Crippen LogP contribution in [0.2, 0.25) is 0 Å². The zero-order chi connectivity index (χ0) is 15.2. The van der Waals surface area contributed by atoms with Crippen LogP contribution in [0.15, 0.2) is 42.6 Å². The summed E-state index contributed by atoms with van der Waals surface area (Å²) in [5.74, 6) is -0.130. The Kier molecular flexibility index (Phi) is 5.06. The van der Waals surface area contributed by atoms with Crippen molar-refractivity contribution in [3.8, 4) is 0 Å². The molecule has 1 aromatic heterocycles. The van der Waals surface area contributed by atoms with Crippen molar-refractivity contribution in [1.29, 1.82) is 0 Å². The van der Waals surface area contributed by atoms with Gasteiger partial charge in [0.2, 0.25) is 0 Å². The van der Waals surface area contributed by atoms with E-state index in [0.717, 1.165) is 23.5 Å². The number of amides is 1. The van der Waals surface area contributed by atoms with Crippen molar-refractivity contribution < 1.29 is 4.79 Å². The topological polar surface area (TPSA) is 54.0 Å². The average Bonchev–Trinajstić information content (AvgIpc) is 2.46. The monoisotopic (exact) mass is 283 g/mol. The number of anilines is 1. The second kappa shape index (κ2) is 6.99. The Hall–Kier alpha value is -2.20. The Morgan fingerprint density at radius 1 is 1.24 bits per heavy atom. The molecule has 0 unspecified atom stereocenters. The molecule has 0 fully saturated rings. The molecule has 0 saturated heterocycles. The third-order valence-electron chi connectivity index (χ3n) is 3.15. The molecule has 1 aromatic carbocycles. The lowest BCUT2D eigenvalue weighted by Crippen LogP contribution is -2.22. The lowest BCUT2D eigenvalue weighted by molar-refractivity contribution is 0.102. The minimum atomic E-state index is -0.130. The maximum absolute atomic E-state index is 12.2. The number of pyridine rings is 1. The number of hydrogen-bond acceptors (Lipinski definition) is 3. The summed E-state index contributed by atoms with van der Waals surface area (Å²) in [6.07, 6.45) is 1.68. The van der Waals surface area contributed by atoms with Gasteiger partial charge in [-0.15, -0.1) is 0 Å². The van der Waals surface area contributed by atoms with E-state index in [1.54, 1.807) is 18.3 Å². The highest BCUT2D eigenvalue weighted by Gasteiger charge is 2.09. The number of aromatic nitrogens is 1. The van der Waals surface area contributed by atoms with Crippen molar-refractivity contribution in [3.05, 3.63) is 59.4 Å². The van der Waals surface area contributed by atoms with Gasteiger partial charge in [-0.25, -0.2) is 0 Å². The number of carbonyl (C=O) groups is 1. The minimum absolute atomic E-state index is 0.130. The van der Waals surface area contributed by atoms with Gasteiger partial charge in [0.15, 0.2) is 0 Å². The first kappa shape index (κ1) is 15.2. The van der Waals surface area contributed by atoms with Crippen LogP contribution in [0.3, 0.4) is 0 Å². The molecular formula is C17H21N3O. The fourth-order valence-electron chi connectivity index (χ4n) is 2.00. The fourth-order valence-corrected chi connectivity index (χ4v) is 2.00. The number of carbonyl (C=O) groups excluding carboxylic acids is 1. The summed E-state index contributed by atoms with van der Waals surface area (Å²) in [5.41, 5.74) is 3.27. The number of benzene rings is 1. The van der Waals surface area contributed by atoms with Crippen LogP contribution in [0.25, 0.3) is 0 Å². The Labute approximate surface area is 125 Å². The zero-order valence-corrected chi connectivity index (χ0v) is 12.7. The third-order valence-corrected chi connectivity index (χ3v) is 3.15. The molecule has 21 heavy (non-hydrogen) atoms. The van der Waals surface area contributed by atoms with Crippen molar-refractivity contribution >= 4 is 11.6 Å². The molecule has 4 heteroatoms. The van der Waals surface area contributed by atoms with Crippen LogP contribution in [-0.2, 0) is 6.54 Å². The van der Waals surface area contributed by atoms with E-state index in [4.69, 9.17) is 0 Å². The van der Waals surface area contributed by atoms with E-state index in [-0.39, 0.29) is 5.91 Å². The Morgan fingerprint density at radius 3 is 2.76 bits per heavy atom. The Bertz CT molecular complexity index is 623. The summed E-state index contributed by atoms with van der Waals surface area (Å²) >= 11 is 0. The summed E-state index contributed by atoms with van der Waals surface area (Å²) in [6.45, 7) is 6.83. The number of nitrogens with zero attached hydrogens (tertiary/aromatic N) is 1. The summed E-state index contributed by atoms with van der Waals surface area (Å²) in [4.78, 5) is 16.4. The van der Waals surface area contributed by atoms with Gasteiger partial charge in [-0.2, -0.15) is 0 Å². The van der Waals surface area contributed by atoms with Crippen LogP contribution in [0, 0.1) is 6.92 Å². The maximum atomic E-state index is 12.2. The lowest BCUT2D eigenvalue weighted by Gasteiger charge is -2.11. The van der Waals surface area contributed by atoms with E-state index in [2.05, 4.69) is 29.5 Å². The van der Waals surface area contributed by atoms with E-state index in [1.807, 2.05) is 31.2 Å². The van der Waals surface area contributed by atoms with Crippen LogP contribution >= 0.6 is 0 Å². The molecule has 2 N–H and O–H groups in total. The standard InChI is InChI=1S/C17H21N3O/c1-12(2)19-11-14-6-4-7-15(10-14)20-17(21)16-8-5-9-18-13(16)3/h4-10,12,19H,11H2,1-3H3,(H,20,21). The fraction of sp³-hybridized carbons (Fsp3) is 0.294. The van der Waals surface area contributed by atoms with Crippen molar-refractivity contribution in [1.82, 2.24) is 10.3 Å². The predicted octanol–water partition coefficient (Wildman–Crippen LogP) is 3.14. The third kappa shape index (κ3) is 4.39. The number of aryl methyl sites for hydroxylation is 1. The second-order valence-corrected chi connectivity index (χ2v) is 5.33. The molecule has 0 aliphatic heterocycles.